The highest BCUT2D eigenvalue weighted by molar-refractivity contribution is 5.74. The zero-order valence-electron chi connectivity index (χ0n) is 13.4. The first-order valence-corrected chi connectivity index (χ1v) is 7.68. The van der Waals surface area contributed by atoms with Crippen molar-refractivity contribution in [3.63, 3.8) is 0 Å². The Morgan fingerprint density at radius 2 is 1.05 bits per heavy atom. The Kier molecular flexibility index (Phi) is 7.84. The number of rotatable bonds is 11. The molecule has 0 saturated carbocycles. The molecule has 20 heavy (non-hydrogen) atoms. The van der Waals surface area contributed by atoms with Crippen LogP contribution in [0.4, 0.5) is 0 Å². The minimum atomic E-state index is -0.718. The van der Waals surface area contributed by atoms with Gasteiger partial charge in [-0.2, -0.15) is 0 Å². The highest BCUT2D eigenvalue weighted by Gasteiger charge is 2.31. The molecule has 0 spiro atoms. The minimum absolute atomic E-state index is 0.612. The van der Waals surface area contributed by atoms with Gasteiger partial charge < -0.3 is 10.2 Å². The van der Waals surface area contributed by atoms with E-state index in [1.807, 2.05) is 13.8 Å². The van der Waals surface area contributed by atoms with Crippen molar-refractivity contribution in [3.8, 4) is 0 Å². The molecule has 0 aromatic carbocycles. The Hall–Kier alpha value is -1.06. The Bertz CT molecular complexity index is 294. The van der Waals surface area contributed by atoms with Gasteiger partial charge in [-0.05, 0) is 39.5 Å². The van der Waals surface area contributed by atoms with Crippen molar-refractivity contribution in [2.45, 2.75) is 79.1 Å². The van der Waals surface area contributed by atoms with Crippen LogP contribution in [0.2, 0.25) is 0 Å². The van der Waals surface area contributed by atoms with Gasteiger partial charge in [-0.3, -0.25) is 9.59 Å². The van der Waals surface area contributed by atoms with Crippen LogP contribution in [0.25, 0.3) is 0 Å². The largest absolute Gasteiger partial charge is 0.481 e. The fourth-order valence-electron chi connectivity index (χ4n) is 2.25. The number of unbranched alkanes of at least 4 members (excludes halogenated alkanes) is 3. The van der Waals surface area contributed by atoms with Crippen LogP contribution < -0.4 is 0 Å². The van der Waals surface area contributed by atoms with E-state index in [4.69, 9.17) is 10.2 Å². The van der Waals surface area contributed by atoms with Crippen LogP contribution in [0, 0.1) is 10.8 Å². The Labute approximate surface area is 122 Å². The van der Waals surface area contributed by atoms with Gasteiger partial charge in [0.1, 0.15) is 0 Å². The molecule has 0 radical (unpaired) electrons. The number of hydrogen-bond donors (Lipinski definition) is 2. The summed E-state index contributed by atoms with van der Waals surface area (Å²) in [6, 6.07) is 0. The molecule has 2 N–H and O–H groups in total. The first-order chi connectivity index (χ1) is 9.22. The van der Waals surface area contributed by atoms with Gasteiger partial charge in [0.25, 0.3) is 0 Å². The number of aliphatic carboxylic acids is 2. The quantitative estimate of drug-likeness (QED) is 0.554. The maximum atomic E-state index is 11.2. The maximum absolute atomic E-state index is 11.2. The van der Waals surface area contributed by atoms with Crippen LogP contribution in [-0.4, -0.2) is 22.2 Å². The summed E-state index contributed by atoms with van der Waals surface area (Å²) >= 11 is 0. The van der Waals surface area contributed by atoms with Crippen molar-refractivity contribution in [2.24, 2.45) is 10.8 Å². The molecule has 0 amide bonds. The molecule has 4 nitrogen and oxygen atoms in total. The lowest BCUT2D eigenvalue weighted by atomic mass is 9.81. The molecule has 0 aliphatic heterocycles. The molecule has 0 saturated heterocycles. The third-order valence-electron chi connectivity index (χ3n) is 4.80. The second-order valence-electron chi connectivity index (χ2n) is 6.35. The van der Waals surface area contributed by atoms with Crippen LogP contribution >= 0.6 is 0 Å². The number of hydrogen-bond acceptors (Lipinski definition) is 2. The molecular formula is C16H30O4. The van der Waals surface area contributed by atoms with E-state index in [0.717, 1.165) is 25.7 Å². The highest BCUT2D eigenvalue weighted by atomic mass is 16.4. The second-order valence-corrected chi connectivity index (χ2v) is 6.35. The van der Waals surface area contributed by atoms with E-state index in [-0.39, 0.29) is 0 Å². The van der Waals surface area contributed by atoms with Gasteiger partial charge in [-0.1, -0.05) is 39.5 Å². The van der Waals surface area contributed by atoms with Crippen molar-refractivity contribution in [1.29, 1.82) is 0 Å². The van der Waals surface area contributed by atoms with Crippen molar-refractivity contribution in [3.05, 3.63) is 0 Å². The predicted molar refractivity (Wildman–Crippen MR) is 79.8 cm³/mol. The third-order valence-corrected chi connectivity index (χ3v) is 4.80. The first kappa shape index (κ1) is 18.9. The highest BCUT2D eigenvalue weighted by Crippen LogP contribution is 2.31. The van der Waals surface area contributed by atoms with E-state index in [9.17, 15) is 9.59 Å². The van der Waals surface area contributed by atoms with E-state index in [1.54, 1.807) is 13.8 Å². The fraction of sp³-hybridized carbons (Fsp3) is 0.875. The second kappa shape index (κ2) is 8.28. The molecule has 0 aromatic heterocycles. The topological polar surface area (TPSA) is 74.6 Å². The SMILES string of the molecule is CCC(C)(CCCCCCC(C)(CC)C(=O)O)C(=O)O. The van der Waals surface area contributed by atoms with E-state index in [1.165, 1.54) is 0 Å². The Morgan fingerprint density at radius 3 is 1.25 bits per heavy atom. The molecule has 0 fully saturated rings. The van der Waals surface area contributed by atoms with E-state index in [0.29, 0.717) is 25.7 Å². The smallest absolute Gasteiger partial charge is 0.309 e. The standard InChI is InChI=1S/C16H30O4/c1-5-15(3,13(17)18)11-9-7-8-10-12-16(4,6-2)14(19)20/h5-12H2,1-4H3,(H,17,18)(H,19,20). The minimum Gasteiger partial charge on any atom is -0.481 e. The molecule has 0 aromatic rings. The molecule has 118 valence electrons. The summed E-state index contributed by atoms with van der Waals surface area (Å²) in [5.74, 6) is -1.44. The summed E-state index contributed by atoms with van der Waals surface area (Å²) in [5, 5.41) is 18.3. The predicted octanol–water partition coefficient (Wildman–Crippen LogP) is 4.33. The van der Waals surface area contributed by atoms with Crippen LogP contribution in [0.1, 0.15) is 79.1 Å². The normalized spacial score (nSPS) is 17.2. The summed E-state index contributed by atoms with van der Waals surface area (Å²) < 4.78 is 0. The van der Waals surface area contributed by atoms with Gasteiger partial charge >= 0.3 is 11.9 Å². The maximum Gasteiger partial charge on any atom is 0.309 e. The summed E-state index contributed by atoms with van der Waals surface area (Å²) in [6.45, 7) is 7.42. The molecule has 4 heteroatoms. The Morgan fingerprint density at radius 1 is 0.750 bits per heavy atom. The van der Waals surface area contributed by atoms with Crippen molar-refractivity contribution < 1.29 is 19.8 Å². The van der Waals surface area contributed by atoms with Crippen LogP contribution in [0.15, 0.2) is 0 Å². The summed E-state index contributed by atoms with van der Waals surface area (Å²) in [7, 11) is 0. The lowest BCUT2D eigenvalue weighted by molar-refractivity contribution is -0.149. The average Bonchev–Trinajstić information content (AvgIpc) is 2.41. The monoisotopic (exact) mass is 286 g/mol. The zero-order chi connectivity index (χ0) is 15.8. The third kappa shape index (κ3) is 5.51. The van der Waals surface area contributed by atoms with Crippen molar-refractivity contribution in [1.82, 2.24) is 0 Å². The van der Waals surface area contributed by atoms with Crippen LogP contribution in [0.3, 0.4) is 0 Å². The first-order valence-electron chi connectivity index (χ1n) is 7.68. The molecule has 0 rings (SSSR count). The number of carboxylic acids is 2. The van der Waals surface area contributed by atoms with Gasteiger partial charge in [0.15, 0.2) is 0 Å². The summed E-state index contributed by atoms with van der Waals surface area (Å²) in [6.07, 6.45) is 6.43. The molecule has 0 aliphatic rings. The molecule has 0 aliphatic carbocycles. The molecule has 2 unspecified atom stereocenters. The number of carboxylic acid groups (broad SMARTS) is 2. The number of carbonyl (C=O) groups is 2. The Balaban J connectivity index is 3.94. The van der Waals surface area contributed by atoms with E-state index < -0.39 is 22.8 Å². The average molecular weight is 286 g/mol. The van der Waals surface area contributed by atoms with Crippen molar-refractivity contribution in [2.75, 3.05) is 0 Å². The van der Waals surface area contributed by atoms with Gasteiger partial charge in [-0.25, -0.2) is 0 Å². The molecule has 2 atom stereocenters. The summed E-state index contributed by atoms with van der Waals surface area (Å²) in [5.41, 5.74) is -1.22. The molecule has 0 bridgehead atoms. The van der Waals surface area contributed by atoms with Gasteiger partial charge in [0.2, 0.25) is 0 Å². The lowest BCUT2D eigenvalue weighted by Crippen LogP contribution is -2.27. The van der Waals surface area contributed by atoms with E-state index >= 15 is 0 Å². The zero-order valence-corrected chi connectivity index (χ0v) is 13.4. The van der Waals surface area contributed by atoms with Crippen molar-refractivity contribution >= 4 is 11.9 Å². The fourth-order valence-corrected chi connectivity index (χ4v) is 2.25. The summed E-state index contributed by atoms with van der Waals surface area (Å²) in [4.78, 5) is 22.3. The van der Waals surface area contributed by atoms with Crippen LogP contribution in [-0.2, 0) is 9.59 Å². The van der Waals surface area contributed by atoms with Gasteiger partial charge in [0.05, 0.1) is 10.8 Å². The van der Waals surface area contributed by atoms with Gasteiger partial charge in [-0.15, -0.1) is 0 Å². The van der Waals surface area contributed by atoms with Gasteiger partial charge in [0, 0.05) is 0 Å². The lowest BCUT2D eigenvalue weighted by Gasteiger charge is -2.24. The molecule has 0 heterocycles. The van der Waals surface area contributed by atoms with Crippen LogP contribution in [0.5, 0.6) is 0 Å². The molecular weight excluding hydrogens is 256 g/mol. The van der Waals surface area contributed by atoms with E-state index in [2.05, 4.69) is 0 Å².